The van der Waals surface area contributed by atoms with Gasteiger partial charge in [-0.3, -0.25) is 0 Å². The van der Waals surface area contributed by atoms with E-state index in [-0.39, 0.29) is 0 Å². The zero-order chi connectivity index (χ0) is 13.9. The van der Waals surface area contributed by atoms with Gasteiger partial charge in [-0.2, -0.15) is 0 Å². The van der Waals surface area contributed by atoms with Crippen LogP contribution in [0.25, 0.3) is 10.9 Å². The molecule has 1 aromatic carbocycles. The number of H-pyrrole nitrogens is 1. The molecule has 0 radical (unpaired) electrons. The molecule has 1 aromatic heterocycles. The lowest BCUT2D eigenvalue weighted by Gasteiger charge is -2.22. The predicted molar refractivity (Wildman–Crippen MR) is 90.4 cm³/mol. The molecule has 0 spiro atoms. The van der Waals surface area contributed by atoms with Gasteiger partial charge in [-0.15, -0.1) is 0 Å². The quantitative estimate of drug-likeness (QED) is 0.616. The maximum Gasteiger partial charge on any atom is 0.0459 e. The summed E-state index contributed by atoms with van der Waals surface area (Å²) in [4.78, 5) is 3.71. The first-order chi connectivity index (χ1) is 9.79. The van der Waals surface area contributed by atoms with Crippen molar-refractivity contribution in [3.63, 3.8) is 0 Å². The topological polar surface area (TPSA) is 15.8 Å². The van der Waals surface area contributed by atoms with E-state index in [1.165, 1.54) is 66.7 Å². The van der Waals surface area contributed by atoms with Crippen LogP contribution in [0.4, 0.5) is 0 Å². The summed E-state index contributed by atoms with van der Waals surface area (Å²) in [6, 6.07) is 6.64. The summed E-state index contributed by atoms with van der Waals surface area (Å²) in [5.41, 5.74) is 4.45. The van der Waals surface area contributed by atoms with Crippen molar-refractivity contribution >= 4 is 26.8 Å². The molecule has 3 rings (SSSR count). The van der Waals surface area contributed by atoms with E-state index < -0.39 is 0 Å². The molecule has 0 amide bonds. The number of hydrogen-bond donors (Lipinski definition) is 1. The Balaban J connectivity index is 1.83. The van der Waals surface area contributed by atoms with Crippen LogP contribution in [0.1, 0.15) is 69.0 Å². The van der Waals surface area contributed by atoms with Crippen LogP contribution in [0.5, 0.6) is 0 Å². The Kier molecular flexibility index (Phi) is 4.50. The lowest BCUT2D eigenvalue weighted by Crippen LogP contribution is -2.09. The molecule has 0 saturated carbocycles. The lowest BCUT2D eigenvalue weighted by molar-refractivity contribution is 0.483. The Morgan fingerprint density at radius 3 is 3.00 bits per heavy atom. The number of aromatic amines is 1. The summed E-state index contributed by atoms with van der Waals surface area (Å²) < 4.78 is 1.19. The number of halogens is 1. The van der Waals surface area contributed by atoms with Gasteiger partial charge in [0.2, 0.25) is 0 Å². The van der Waals surface area contributed by atoms with E-state index in [1.807, 2.05) is 0 Å². The van der Waals surface area contributed by atoms with E-state index in [1.54, 1.807) is 11.3 Å². The van der Waals surface area contributed by atoms with Crippen molar-refractivity contribution in [1.82, 2.24) is 4.98 Å². The van der Waals surface area contributed by atoms with Gasteiger partial charge in [-0.25, -0.2) is 0 Å². The van der Waals surface area contributed by atoms with Crippen LogP contribution < -0.4 is 0 Å². The van der Waals surface area contributed by atoms with E-state index in [0.717, 1.165) is 5.92 Å². The van der Waals surface area contributed by atoms with Crippen LogP contribution in [0.15, 0.2) is 22.7 Å². The minimum absolute atomic E-state index is 0.766. The fourth-order valence-corrected chi connectivity index (χ4v) is 4.00. The van der Waals surface area contributed by atoms with Crippen LogP contribution in [-0.2, 0) is 6.42 Å². The number of fused-ring (bicyclic) bond motifs is 3. The fourth-order valence-electron chi connectivity index (χ4n) is 3.63. The van der Waals surface area contributed by atoms with Gasteiger partial charge in [0, 0.05) is 21.1 Å². The van der Waals surface area contributed by atoms with Crippen LogP contribution >= 0.6 is 15.9 Å². The average Bonchev–Trinajstić information content (AvgIpc) is 2.82. The molecule has 0 aliphatic heterocycles. The van der Waals surface area contributed by atoms with Gasteiger partial charge in [-0.05, 0) is 55.4 Å². The van der Waals surface area contributed by atoms with Gasteiger partial charge in [0.25, 0.3) is 0 Å². The van der Waals surface area contributed by atoms with E-state index in [2.05, 4.69) is 46.0 Å². The third kappa shape index (κ3) is 2.81. The number of aromatic nitrogens is 1. The molecule has 1 heterocycles. The minimum atomic E-state index is 0.766. The summed E-state index contributed by atoms with van der Waals surface area (Å²) in [5, 5.41) is 1.44. The summed E-state index contributed by atoms with van der Waals surface area (Å²) in [6.45, 7) is 2.29. The maximum atomic E-state index is 3.71. The monoisotopic (exact) mass is 333 g/mol. The Morgan fingerprint density at radius 2 is 2.15 bits per heavy atom. The van der Waals surface area contributed by atoms with Crippen LogP contribution in [0.2, 0.25) is 0 Å². The fraction of sp³-hybridized carbons (Fsp3) is 0.556. The zero-order valence-electron chi connectivity index (χ0n) is 12.3. The second kappa shape index (κ2) is 6.34. The molecular weight excluding hydrogens is 310 g/mol. The second-order valence-electron chi connectivity index (χ2n) is 6.15. The summed E-state index contributed by atoms with van der Waals surface area (Å²) in [7, 11) is 0. The molecule has 2 heteroatoms. The SMILES string of the molecule is CCCCCCC1CCCc2c1[nH]c1ccc(Br)cc21. The number of unbranched alkanes of at least 4 members (excludes halogenated alkanes) is 3. The molecule has 1 nitrogen and oxygen atoms in total. The van der Waals surface area contributed by atoms with E-state index in [0.29, 0.717) is 0 Å². The molecule has 1 aliphatic carbocycles. The summed E-state index contributed by atoms with van der Waals surface area (Å²) in [5.74, 6) is 0.766. The normalized spacial score (nSPS) is 18.4. The number of aryl methyl sites for hydroxylation is 1. The molecule has 1 aliphatic rings. The van der Waals surface area contributed by atoms with E-state index in [4.69, 9.17) is 0 Å². The molecular formula is C18H24BrN. The Bertz CT molecular complexity index is 584. The standard InChI is InChI=1S/C18H24BrN/c1-2-3-4-5-7-13-8-6-9-15-16-12-14(19)10-11-17(16)20-18(13)15/h10-13,20H,2-9H2,1H3. The van der Waals surface area contributed by atoms with Gasteiger partial charge in [0.05, 0.1) is 0 Å². The van der Waals surface area contributed by atoms with Gasteiger partial charge in [-0.1, -0.05) is 48.5 Å². The molecule has 1 N–H and O–H groups in total. The Morgan fingerprint density at radius 1 is 1.25 bits per heavy atom. The van der Waals surface area contributed by atoms with Crippen molar-refractivity contribution in [1.29, 1.82) is 0 Å². The highest BCUT2D eigenvalue weighted by molar-refractivity contribution is 9.10. The smallest absolute Gasteiger partial charge is 0.0459 e. The second-order valence-corrected chi connectivity index (χ2v) is 7.06. The van der Waals surface area contributed by atoms with Gasteiger partial charge in [0.1, 0.15) is 0 Å². The van der Waals surface area contributed by atoms with Crippen molar-refractivity contribution in [3.05, 3.63) is 33.9 Å². The molecule has 108 valence electrons. The van der Waals surface area contributed by atoms with Gasteiger partial charge >= 0.3 is 0 Å². The largest absolute Gasteiger partial charge is 0.358 e. The van der Waals surface area contributed by atoms with Crippen molar-refractivity contribution in [2.24, 2.45) is 0 Å². The van der Waals surface area contributed by atoms with Crippen LogP contribution in [0.3, 0.4) is 0 Å². The van der Waals surface area contributed by atoms with Gasteiger partial charge in [0.15, 0.2) is 0 Å². The van der Waals surface area contributed by atoms with Gasteiger partial charge < -0.3 is 4.98 Å². The predicted octanol–water partition coefficient (Wildman–Crippen LogP) is 6.32. The maximum absolute atomic E-state index is 3.71. The third-order valence-electron chi connectivity index (χ3n) is 4.69. The highest BCUT2D eigenvalue weighted by Gasteiger charge is 2.23. The molecule has 1 unspecified atom stereocenters. The van der Waals surface area contributed by atoms with E-state index >= 15 is 0 Å². The first kappa shape index (κ1) is 14.2. The molecule has 2 aromatic rings. The highest BCUT2D eigenvalue weighted by Crippen LogP contribution is 2.39. The van der Waals surface area contributed by atoms with Crippen molar-refractivity contribution < 1.29 is 0 Å². The number of rotatable bonds is 5. The van der Waals surface area contributed by atoms with Crippen LogP contribution in [-0.4, -0.2) is 4.98 Å². The Labute approximate surface area is 130 Å². The van der Waals surface area contributed by atoms with Crippen molar-refractivity contribution in [2.45, 2.75) is 64.2 Å². The number of benzene rings is 1. The van der Waals surface area contributed by atoms with Crippen molar-refractivity contribution in [3.8, 4) is 0 Å². The first-order valence-electron chi connectivity index (χ1n) is 8.09. The number of hydrogen-bond acceptors (Lipinski definition) is 0. The van der Waals surface area contributed by atoms with Crippen molar-refractivity contribution in [2.75, 3.05) is 0 Å². The average molecular weight is 334 g/mol. The highest BCUT2D eigenvalue weighted by atomic mass is 79.9. The first-order valence-corrected chi connectivity index (χ1v) is 8.89. The van der Waals surface area contributed by atoms with Crippen LogP contribution in [0, 0.1) is 0 Å². The summed E-state index contributed by atoms with van der Waals surface area (Å²) in [6.07, 6.45) is 10.8. The minimum Gasteiger partial charge on any atom is -0.358 e. The summed E-state index contributed by atoms with van der Waals surface area (Å²) >= 11 is 3.61. The molecule has 20 heavy (non-hydrogen) atoms. The molecule has 0 bridgehead atoms. The molecule has 0 fully saturated rings. The third-order valence-corrected chi connectivity index (χ3v) is 5.19. The zero-order valence-corrected chi connectivity index (χ0v) is 13.9. The Hall–Kier alpha value is -0.760. The molecule has 0 saturated heterocycles. The molecule has 1 atom stereocenters. The lowest BCUT2D eigenvalue weighted by atomic mass is 9.83. The van der Waals surface area contributed by atoms with E-state index in [9.17, 15) is 0 Å². The number of nitrogens with one attached hydrogen (secondary N) is 1.